The van der Waals surface area contributed by atoms with Crippen molar-refractivity contribution in [2.45, 2.75) is 25.6 Å². The molecule has 0 unspecified atom stereocenters. The number of benzene rings is 1. The van der Waals surface area contributed by atoms with E-state index < -0.39 is 0 Å². The smallest absolute Gasteiger partial charge is 0.225 e. The molecular weight excluding hydrogens is 288 g/mol. The summed E-state index contributed by atoms with van der Waals surface area (Å²) in [6.45, 7) is 6.58. The molecule has 0 bridgehead atoms. The Morgan fingerprint density at radius 2 is 2.04 bits per heavy atom. The third-order valence-corrected chi connectivity index (χ3v) is 4.71. The lowest BCUT2D eigenvalue weighted by molar-refractivity contribution is -0.0499. The van der Waals surface area contributed by atoms with E-state index in [1.54, 1.807) is 0 Å². The summed E-state index contributed by atoms with van der Waals surface area (Å²) < 4.78 is 6.01. The maximum Gasteiger partial charge on any atom is 0.225 e. The topological polar surface area (TPSA) is 41.5 Å². The van der Waals surface area contributed by atoms with E-state index in [0.717, 1.165) is 44.4 Å². The van der Waals surface area contributed by atoms with Crippen molar-refractivity contribution in [3.63, 3.8) is 0 Å². The minimum atomic E-state index is 0.247. The lowest BCUT2D eigenvalue weighted by Gasteiger charge is -2.36. The standard InChI is InChI=1S/C18H22N4O/c1-14-7-8-19-18(20-14)22-12-16-17(13-22)23-10-9-21(16)11-15-5-3-2-4-6-15/h2-8,16-17H,9-13H2,1H3/t16-,17+/m0/s1. The van der Waals surface area contributed by atoms with Crippen LogP contribution in [0.4, 0.5) is 5.95 Å². The maximum absolute atomic E-state index is 6.01. The fourth-order valence-corrected chi connectivity index (χ4v) is 3.52. The average Bonchev–Trinajstić information content (AvgIpc) is 3.01. The van der Waals surface area contributed by atoms with Crippen LogP contribution >= 0.6 is 0 Å². The number of hydrogen-bond acceptors (Lipinski definition) is 5. The highest BCUT2D eigenvalue weighted by Crippen LogP contribution is 2.26. The zero-order valence-electron chi connectivity index (χ0n) is 13.4. The largest absolute Gasteiger partial charge is 0.373 e. The molecule has 0 aliphatic carbocycles. The van der Waals surface area contributed by atoms with E-state index in [9.17, 15) is 0 Å². The van der Waals surface area contributed by atoms with Crippen LogP contribution in [0.1, 0.15) is 11.3 Å². The van der Waals surface area contributed by atoms with Crippen LogP contribution in [-0.4, -0.2) is 53.3 Å². The SMILES string of the molecule is Cc1ccnc(N2C[C@H]3OCCN(Cc4ccccc4)[C@H]3C2)n1. The van der Waals surface area contributed by atoms with Crippen LogP contribution in [-0.2, 0) is 11.3 Å². The van der Waals surface area contributed by atoms with E-state index in [0.29, 0.717) is 6.04 Å². The van der Waals surface area contributed by atoms with Gasteiger partial charge in [-0.25, -0.2) is 9.97 Å². The van der Waals surface area contributed by atoms with Gasteiger partial charge in [0.25, 0.3) is 0 Å². The first-order valence-corrected chi connectivity index (χ1v) is 8.24. The Morgan fingerprint density at radius 1 is 1.17 bits per heavy atom. The van der Waals surface area contributed by atoms with Crippen LogP contribution in [0, 0.1) is 6.92 Å². The van der Waals surface area contributed by atoms with Crippen LogP contribution in [0.2, 0.25) is 0 Å². The van der Waals surface area contributed by atoms with Crippen molar-refractivity contribution in [2.75, 3.05) is 31.1 Å². The van der Waals surface area contributed by atoms with Crippen molar-refractivity contribution in [1.29, 1.82) is 0 Å². The molecule has 3 heterocycles. The quantitative estimate of drug-likeness (QED) is 0.866. The van der Waals surface area contributed by atoms with Gasteiger partial charge in [0.2, 0.25) is 5.95 Å². The van der Waals surface area contributed by atoms with Gasteiger partial charge < -0.3 is 9.64 Å². The van der Waals surface area contributed by atoms with Gasteiger partial charge in [-0.15, -0.1) is 0 Å². The Kier molecular flexibility index (Phi) is 3.97. The van der Waals surface area contributed by atoms with Crippen molar-refractivity contribution in [1.82, 2.24) is 14.9 Å². The molecule has 2 aliphatic heterocycles. The fourth-order valence-electron chi connectivity index (χ4n) is 3.52. The zero-order chi connectivity index (χ0) is 15.6. The molecule has 1 aromatic carbocycles. The summed E-state index contributed by atoms with van der Waals surface area (Å²) in [5.41, 5.74) is 2.37. The number of aromatic nitrogens is 2. The van der Waals surface area contributed by atoms with Gasteiger partial charge in [0, 0.05) is 38.1 Å². The average molecular weight is 310 g/mol. The minimum Gasteiger partial charge on any atom is -0.373 e. The van der Waals surface area contributed by atoms with E-state index in [4.69, 9.17) is 4.74 Å². The van der Waals surface area contributed by atoms with Gasteiger partial charge in [-0.05, 0) is 18.6 Å². The summed E-state index contributed by atoms with van der Waals surface area (Å²) in [4.78, 5) is 13.8. The highest BCUT2D eigenvalue weighted by molar-refractivity contribution is 5.34. The summed E-state index contributed by atoms with van der Waals surface area (Å²) in [5, 5.41) is 0. The lowest BCUT2D eigenvalue weighted by Crippen LogP contribution is -2.50. The molecule has 2 atom stereocenters. The summed E-state index contributed by atoms with van der Waals surface area (Å²) >= 11 is 0. The van der Waals surface area contributed by atoms with Gasteiger partial charge in [-0.1, -0.05) is 30.3 Å². The van der Waals surface area contributed by atoms with E-state index in [1.165, 1.54) is 5.56 Å². The second-order valence-electron chi connectivity index (χ2n) is 6.34. The number of rotatable bonds is 3. The fraction of sp³-hybridized carbons (Fsp3) is 0.444. The third-order valence-electron chi connectivity index (χ3n) is 4.71. The van der Waals surface area contributed by atoms with Crippen LogP contribution in [0.15, 0.2) is 42.6 Å². The Labute approximate surface area is 136 Å². The molecule has 0 saturated carbocycles. The monoisotopic (exact) mass is 310 g/mol. The van der Waals surface area contributed by atoms with Crippen LogP contribution in [0.5, 0.6) is 0 Å². The number of fused-ring (bicyclic) bond motifs is 1. The predicted molar refractivity (Wildman–Crippen MR) is 89.4 cm³/mol. The second-order valence-corrected chi connectivity index (χ2v) is 6.34. The summed E-state index contributed by atoms with van der Waals surface area (Å²) in [6.07, 6.45) is 2.08. The summed E-state index contributed by atoms with van der Waals surface area (Å²) in [7, 11) is 0. The molecule has 5 nitrogen and oxygen atoms in total. The number of nitrogens with zero attached hydrogens (tertiary/aromatic N) is 4. The summed E-state index contributed by atoms with van der Waals surface area (Å²) in [6, 6.07) is 13.0. The van der Waals surface area contributed by atoms with Crippen LogP contribution in [0.25, 0.3) is 0 Å². The molecular formula is C18H22N4O. The molecule has 0 radical (unpaired) electrons. The Bertz CT molecular complexity index is 663. The molecule has 0 N–H and O–H groups in total. The molecule has 5 heteroatoms. The summed E-state index contributed by atoms with van der Waals surface area (Å²) in [5.74, 6) is 0.822. The van der Waals surface area contributed by atoms with E-state index in [-0.39, 0.29) is 6.10 Å². The number of morpholine rings is 1. The molecule has 2 fully saturated rings. The molecule has 4 rings (SSSR count). The lowest BCUT2D eigenvalue weighted by atomic mass is 10.1. The predicted octanol–water partition coefficient (Wildman–Crippen LogP) is 1.87. The van der Waals surface area contributed by atoms with Crippen molar-refractivity contribution < 1.29 is 4.74 Å². The van der Waals surface area contributed by atoms with E-state index in [1.807, 2.05) is 19.2 Å². The first-order valence-electron chi connectivity index (χ1n) is 8.24. The highest BCUT2D eigenvalue weighted by atomic mass is 16.5. The second kappa shape index (κ2) is 6.26. The number of anilines is 1. The Hall–Kier alpha value is -1.98. The molecule has 23 heavy (non-hydrogen) atoms. The number of ether oxygens (including phenoxy) is 1. The van der Waals surface area contributed by atoms with Crippen molar-refractivity contribution in [3.8, 4) is 0 Å². The van der Waals surface area contributed by atoms with E-state index in [2.05, 4.69) is 50.1 Å². The van der Waals surface area contributed by atoms with Gasteiger partial charge in [-0.2, -0.15) is 0 Å². The third kappa shape index (κ3) is 3.07. The molecule has 120 valence electrons. The Balaban J connectivity index is 1.50. The zero-order valence-corrected chi connectivity index (χ0v) is 13.4. The van der Waals surface area contributed by atoms with Gasteiger partial charge in [0.1, 0.15) is 0 Å². The molecule has 1 aromatic heterocycles. The Morgan fingerprint density at radius 3 is 2.87 bits per heavy atom. The van der Waals surface area contributed by atoms with Crippen LogP contribution < -0.4 is 4.90 Å². The molecule has 0 spiro atoms. The van der Waals surface area contributed by atoms with Gasteiger partial charge in [0.15, 0.2) is 0 Å². The van der Waals surface area contributed by atoms with Crippen molar-refractivity contribution >= 4 is 5.95 Å². The van der Waals surface area contributed by atoms with E-state index >= 15 is 0 Å². The minimum absolute atomic E-state index is 0.247. The van der Waals surface area contributed by atoms with Gasteiger partial charge >= 0.3 is 0 Å². The number of aryl methyl sites for hydroxylation is 1. The molecule has 0 amide bonds. The van der Waals surface area contributed by atoms with Crippen molar-refractivity contribution in [3.05, 3.63) is 53.9 Å². The van der Waals surface area contributed by atoms with Crippen molar-refractivity contribution in [2.24, 2.45) is 0 Å². The molecule has 2 aliphatic rings. The first kappa shape index (κ1) is 14.6. The van der Waals surface area contributed by atoms with Gasteiger partial charge in [0.05, 0.1) is 18.8 Å². The number of hydrogen-bond donors (Lipinski definition) is 0. The van der Waals surface area contributed by atoms with Crippen LogP contribution in [0.3, 0.4) is 0 Å². The first-order chi connectivity index (χ1) is 11.3. The maximum atomic E-state index is 6.01. The highest BCUT2D eigenvalue weighted by Gasteiger charge is 2.40. The van der Waals surface area contributed by atoms with Gasteiger partial charge in [-0.3, -0.25) is 4.90 Å². The molecule has 2 saturated heterocycles. The normalized spacial score (nSPS) is 24.7. The molecule has 2 aromatic rings.